The summed E-state index contributed by atoms with van der Waals surface area (Å²) in [7, 11) is 0. The molecule has 0 bridgehead atoms. The van der Waals surface area contributed by atoms with E-state index in [1.54, 1.807) is 0 Å². The Bertz CT molecular complexity index is 160. The minimum Gasteiger partial charge on any atom is -0.355 e. The Kier molecular flexibility index (Phi) is 9.59. The van der Waals surface area contributed by atoms with Crippen molar-refractivity contribution in [2.75, 3.05) is 13.1 Å². The normalized spacial score (nSPS) is 12.5. The summed E-state index contributed by atoms with van der Waals surface area (Å²) in [6.45, 7) is 7.70. The number of carbonyl (C=O) groups is 1. The molecule has 1 atom stereocenters. The van der Waals surface area contributed by atoms with E-state index in [4.69, 9.17) is 0 Å². The summed E-state index contributed by atoms with van der Waals surface area (Å²) in [5.74, 6) is 0.117. The molecular weight excluding hydrogens is 188 g/mol. The molecule has 0 aliphatic carbocycles. The molecule has 0 aliphatic heterocycles. The van der Waals surface area contributed by atoms with E-state index in [1.165, 1.54) is 12.8 Å². The topological polar surface area (TPSA) is 41.1 Å². The van der Waals surface area contributed by atoms with Crippen LogP contribution in [0.5, 0.6) is 0 Å². The Hall–Kier alpha value is -0.570. The fourth-order valence-electron chi connectivity index (χ4n) is 1.35. The van der Waals surface area contributed by atoms with Crippen molar-refractivity contribution in [3.8, 4) is 0 Å². The molecule has 0 radical (unpaired) electrons. The summed E-state index contributed by atoms with van der Waals surface area (Å²) in [5, 5.41) is 6.13. The summed E-state index contributed by atoms with van der Waals surface area (Å²) in [6, 6.07) is 0.446. The van der Waals surface area contributed by atoms with E-state index in [-0.39, 0.29) is 5.91 Å². The highest BCUT2D eigenvalue weighted by Gasteiger charge is 2.03. The molecule has 0 fully saturated rings. The first-order valence-electron chi connectivity index (χ1n) is 6.20. The van der Waals surface area contributed by atoms with Gasteiger partial charge in [0.25, 0.3) is 0 Å². The van der Waals surface area contributed by atoms with Gasteiger partial charge in [-0.3, -0.25) is 4.79 Å². The molecule has 0 rings (SSSR count). The third-order valence-corrected chi connectivity index (χ3v) is 2.45. The van der Waals surface area contributed by atoms with Crippen LogP contribution in [0.1, 0.15) is 52.9 Å². The van der Waals surface area contributed by atoms with Gasteiger partial charge in [-0.25, -0.2) is 0 Å². The van der Waals surface area contributed by atoms with Crippen LogP contribution in [0.3, 0.4) is 0 Å². The SMILES string of the molecule is CCCCNC(=O)CNC(C)CCCC. The molecule has 0 aromatic carbocycles. The second-order valence-electron chi connectivity index (χ2n) is 4.13. The highest BCUT2D eigenvalue weighted by molar-refractivity contribution is 5.77. The summed E-state index contributed by atoms with van der Waals surface area (Å²) in [4.78, 5) is 11.3. The van der Waals surface area contributed by atoms with Crippen molar-refractivity contribution in [1.82, 2.24) is 10.6 Å². The molecule has 0 saturated carbocycles. The summed E-state index contributed by atoms with van der Waals surface area (Å²) >= 11 is 0. The number of nitrogens with one attached hydrogen (secondary N) is 2. The first-order chi connectivity index (χ1) is 7.20. The zero-order chi connectivity index (χ0) is 11.5. The Balaban J connectivity index is 3.36. The first kappa shape index (κ1) is 14.4. The zero-order valence-electron chi connectivity index (χ0n) is 10.4. The number of amides is 1. The first-order valence-corrected chi connectivity index (χ1v) is 6.20. The van der Waals surface area contributed by atoms with Gasteiger partial charge >= 0.3 is 0 Å². The van der Waals surface area contributed by atoms with E-state index in [1.807, 2.05) is 0 Å². The molecule has 0 aliphatic rings. The maximum absolute atomic E-state index is 11.3. The number of hydrogen-bond acceptors (Lipinski definition) is 2. The third kappa shape index (κ3) is 9.73. The largest absolute Gasteiger partial charge is 0.355 e. The number of hydrogen-bond donors (Lipinski definition) is 2. The van der Waals surface area contributed by atoms with Gasteiger partial charge in [0.2, 0.25) is 5.91 Å². The number of unbranched alkanes of at least 4 members (excludes halogenated alkanes) is 2. The lowest BCUT2D eigenvalue weighted by atomic mass is 10.1. The van der Waals surface area contributed by atoms with Crippen LogP contribution in [0, 0.1) is 0 Å². The molecule has 2 N–H and O–H groups in total. The van der Waals surface area contributed by atoms with Crippen molar-refractivity contribution in [3.63, 3.8) is 0 Å². The van der Waals surface area contributed by atoms with Gasteiger partial charge in [-0.05, 0) is 19.8 Å². The molecule has 0 aromatic rings. The minimum absolute atomic E-state index is 0.117. The summed E-state index contributed by atoms with van der Waals surface area (Å²) in [5.41, 5.74) is 0. The highest BCUT2D eigenvalue weighted by Crippen LogP contribution is 1.98. The molecule has 0 saturated heterocycles. The molecule has 1 amide bonds. The van der Waals surface area contributed by atoms with E-state index < -0.39 is 0 Å². The van der Waals surface area contributed by atoms with Crippen molar-refractivity contribution in [2.45, 2.75) is 58.9 Å². The van der Waals surface area contributed by atoms with Gasteiger partial charge in [-0.15, -0.1) is 0 Å². The third-order valence-electron chi connectivity index (χ3n) is 2.45. The van der Waals surface area contributed by atoms with Crippen LogP contribution in [0.15, 0.2) is 0 Å². The van der Waals surface area contributed by atoms with Crippen LogP contribution in [0.4, 0.5) is 0 Å². The van der Waals surface area contributed by atoms with Crippen LogP contribution in [-0.4, -0.2) is 25.0 Å². The fraction of sp³-hybridized carbons (Fsp3) is 0.917. The van der Waals surface area contributed by atoms with Crippen molar-refractivity contribution in [3.05, 3.63) is 0 Å². The van der Waals surface area contributed by atoms with Crippen molar-refractivity contribution < 1.29 is 4.79 Å². The van der Waals surface area contributed by atoms with E-state index >= 15 is 0 Å². The van der Waals surface area contributed by atoms with Gasteiger partial charge in [0, 0.05) is 12.6 Å². The molecule has 15 heavy (non-hydrogen) atoms. The second kappa shape index (κ2) is 9.97. The molecular formula is C12H26N2O. The van der Waals surface area contributed by atoms with Gasteiger partial charge < -0.3 is 10.6 Å². The average Bonchev–Trinajstić information content (AvgIpc) is 2.24. The minimum atomic E-state index is 0.117. The molecule has 0 spiro atoms. The Morgan fingerprint density at radius 3 is 2.47 bits per heavy atom. The smallest absolute Gasteiger partial charge is 0.233 e. The van der Waals surface area contributed by atoms with Crippen LogP contribution >= 0.6 is 0 Å². The standard InChI is InChI=1S/C12H26N2O/c1-4-6-8-11(3)14-10-12(15)13-9-7-5-2/h11,14H,4-10H2,1-3H3,(H,13,15). The van der Waals surface area contributed by atoms with Crippen LogP contribution < -0.4 is 10.6 Å². The van der Waals surface area contributed by atoms with Gasteiger partial charge in [-0.2, -0.15) is 0 Å². The van der Waals surface area contributed by atoms with Crippen LogP contribution in [0.2, 0.25) is 0 Å². The summed E-state index contributed by atoms with van der Waals surface area (Å²) in [6.07, 6.45) is 5.79. The lowest BCUT2D eigenvalue weighted by Crippen LogP contribution is -2.38. The average molecular weight is 214 g/mol. The molecule has 0 aromatic heterocycles. The van der Waals surface area contributed by atoms with Crippen LogP contribution in [-0.2, 0) is 4.79 Å². The van der Waals surface area contributed by atoms with Crippen molar-refractivity contribution >= 4 is 5.91 Å². The monoisotopic (exact) mass is 214 g/mol. The molecule has 3 heteroatoms. The molecule has 1 unspecified atom stereocenters. The Labute approximate surface area is 94.0 Å². The maximum Gasteiger partial charge on any atom is 0.233 e. The lowest BCUT2D eigenvalue weighted by molar-refractivity contribution is -0.120. The van der Waals surface area contributed by atoms with E-state index in [0.29, 0.717) is 12.6 Å². The molecule has 0 heterocycles. The van der Waals surface area contributed by atoms with Gasteiger partial charge in [-0.1, -0.05) is 33.1 Å². The summed E-state index contributed by atoms with van der Waals surface area (Å²) < 4.78 is 0. The second-order valence-corrected chi connectivity index (χ2v) is 4.13. The van der Waals surface area contributed by atoms with Gasteiger partial charge in [0.05, 0.1) is 6.54 Å². The van der Waals surface area contributed by atoms with Crippen LogP contribution in [0.25, 0.3) is 0 Å². The van der Waals surface area contributed by atoms with E-state index in [9.17, 15) is 4.79 Å². The lowest BCUT2D eigenvalue weighted by Gasteiger charge is -2.12. The predicted octanol–water partition coefficient (Wildman–Crippen LogP) is 2.07. The Morgan fingerprint density at radius 2 is 1.87 bits per heavy atom. The van der Waals surface area contributed by atoms with Gasteiger partial charge in [0.15, 0.2) is 0 Å². The quantitative estimate of drug-likeness (QED) is 0.577. The highest BCUT2D eigenvalue weighted by atomic mass is 16.1. The molecule has 3 nitrogen and oxygen atoms in total. The van der Waals surface area contributed by atoms with Gasteiger partial charge in [0.1, 0.15) is 0 Å². The fourth-order valence-corrected chi connectivity index (χ4v) is 1.35. The predicted molar refractivity (Wildman–Crippen MR) is 64.9 cm³/mol. The van der Waals surface area contributed by atoms with Crippen molar-refractivity contribution in [2.24, 2.45) is 0 Å². The maximum atomic E-state index is 11.3. The zero-order valence-corrected chi connectivity index (χ0v) is 10.4. The number of rotatable bonds is 9. The molecule has 90 valence electrons. The van der Waals surface area contributed by atoms with E-state index in [2.05, 4.69) is 31.4 Å². The number of carbonyl (C=O) groups excluding carboxylic acids is 1. The van der Waals surface area contributed by atoms with E-state index in [0.717, 1.165) is 25.8 Å². The van der Waals surface area contributed by atoms with Crippen molar-refractivity contribution in [1.29, 1.82) is 0 Å². The Morgan fingerprint density at radius 1 is 1.20 bits per heavy atom.